The van der Waals surface area contributed by atoms with Crippen LogP contribution in [0.3, 0.4) is 0 Å². The number of nitrogens with one attached hydrogen (secondary N) is 1. The number of anilines is 1. The molecule has 0 saturated heterocycles. The summed E-state index contributed by atoms with van der Waals surface area (Å²) in [6, 6.07) is 7.52. The minimum Gasteiger partial charge on any atom is -0.481 e. The predicted octanol–water partition coefficient (Wildman–Crippen LogP) is 1.16. The maximum atomic E-state index is 12.2. The normalized spacial score (nSPS) is 10.6. The first-order valence-corrected chi connectivity index (χ1v) is 6.93. The molecule has 0 radical (unpaired) electrons. The van der Waals surface area contributed by atoms with Crippen LogP contribution in [0.4, 0.5) is 5.69 Å². The van der Waals surface area contributed by atoms with Crippen molar-refractivity contribution < 1.29 is 13.2 Å². The van der Waals surface area contributed by atoms with Gasteiger partial charge in [0.2, 0.25) is 5.88 Å². The summed E-state index contributed by atoms with van der Waals surface area (Å²) in [6.45, 7) is 0. The molecule has 102 valence electrons. The fourth-order valence-corrected chi connectivity index (χ4v) is 2.61. The Labute approximate surface area is 115 Å². The van der Waals surface area contributed by atoms with Gasteiger partial charge in [0.05, 0.1) is 19.0 Å². The first-order chi connectivity index (χ1) is 9.56. The molecule has 2 aromatic heterocycles. The van der Waals surface area contributed by atoms with Gasteiger partial charge in [0.1, 0.15) is 11.0 Å². The van der Waals surface area contributed by atoms with E-state index in [9.17, 15) is 8.42 Å². The molecule has 7 nitrogen and oxygen atoms in total. The van der Waals surface area contributed by atoms with Gasteiger partial charge in [-0.05, 0) is 18.2 Å². The molecule has 2 heterocycles. The number of pyridine rings is 2. The smallest absolute Gasteiger partial charge is 0.264 e. The van der Waals surface area contributed by atoms with Crippen LogP contribution < -0.4 is 9.46 Å². The van der Waals surface area contributed by atoms with Gasteiger partial charge >= 0.3 is 0 Å². The summed E-state index contributed by atoms with van der Waals surface area (Å²) in [4.78, 5) is 7.42. The summed E-state index contributed by atoms with van der Waals surface area (Å²) in [5.74, 6) is 0.368. The molecule has 0 saturated carbocycles. The topological polar surface area (TPSA) is 105 Å². The molecule has 0 aliphatic heterocycles. The fourth-order valence-electron chi connectivity index (χ4n) is 1.46. The lowest BCUT2D eigenvalue weighted by atomic mass is 10.4. The molecule has 0 fully saturated rings. The first-order valence-electron chi connectivity index (χ1n) is 5.45. The zero-order valence-electron chi connectivity index (χ0n) is 10.4. The molecule has 2 rings (SSSR count). The minimum atomic E-state index is -3.89. The minimum absolute atomic E-state index is 0.165. The lowest BCUT2D eigenvalue weighted by Gasteiger charge is -2.08. The Bertz CT molecular complexity index is 751. The van der Waals surface area contributed by atoms with E-state index < -0.39 is 10.0 Å². The Morgan fingerprint density at radius 3 is 2.70 bits per heavy atom. The van der Waals surface area contributed by atoms with Crippen molar-refractivity contribution >= 4 is 15.7 Å². The van der Waals surface area contributed by atoms with Crippen LogP contribution in [-0.4, -0.2) is 25.5 Å². The van der Waals surface area contributed by atoms with Crippen molar-refractivity contribution in [1.82, 2.24) is 9.97 Å². The highest BCUT2D eigenvalue weighted by molar-refractivity contribution is 7.92. The van der Waals surface area contributed by atoms with Crippen molar-refractivity contribution in [3.63, 3.8) is 0 Å². The Hall–Kier alpha value is -2.66. The molecule has 0 aliphatic carbocycles. The third kappa shape index (κ3) is 2.84. The van der Waals surface area contributed by atoms with Crippen LogP contribution in [0.2, 0.25) is 0 Å². The number of rotatable bonds is 4. The third-order valence-electron chi connectivity index (χ3n) is 2.36. The van der Waals surface area contributed by atoms with Crippen LogP contribution in [0.15, 0.2) is 41.6 Å². The van der Waals surface area contributed by atoms with E-state index in [0.717, 1.165) is 0 Å². The molecule has 0 spiro atoms. The van der Waals surface area contributed by atoms with E-state index in [-0.39, 0.29) is 16.3 Å². The number of aromatic nitrogens is 2. The summed E-state index contributed by atoms with van der Waals surface area (Å²) < 4.78 is 31.6. The summed E-state index contributed by atoms with van der Waals surface area (Å²) in [6.07, 6.45) is 2.67. The maximum absolute atomic E-state index is 12.2. The molecule has 0 bridgehead atoms. The van der Waals surface area contributed by atoms with Crippen LogP contribution in [0.5, 0.6) is 5.88 Å². The molecule has 1 N–H and O–H groups in total. The number of hydrogen-bond donors (Lipinski definition) is 1. The second-order valence-electron chi connectivity index (χ2n) is 3.66. The van der Waals surface area contributed by atoms with E-state index in [1.54, 1.807) is 6.07 Å². The number of sulfonamides is 1. The molecule has 8 heteroatoms. The quantitative estimate of drug-likeness (QED) is 0.905. The van der Waals surface area contributed by atoms with E-state index in [0.29, 0.717) is 5.88 Å². The second kappa shape index (κ2) is 5.54. The SMILES string of the molecule is COc1ccc(NS(=O)(=O)c2cccnc2C#N)cn1. The van der Waals surface area contributed by atoms with Crippen LogP contribution in [0.1, 0.15) is 5.69 Å². The monoisotopic (exact) mass is 290 g/mol. The average molecular weight is 290 g/mol. The van der Waals surface area contributed by atoms with Crippen LogP contribution in [0, 0.1) is 11.3 Å². The van der Waals surface area contributed by atoms with Crippen molar-refractivity contribution in [1.29, 1.82) is 5.26 Å². The fraction of sp³-hybridized carbons (Fsp3) is 0.0833. The summed E-state index contributed by atoms with van der Waals surface area (Å²) in [5, 5.41) is 8.88. The zero-order chi connectivity index (χ0) is 14.6. The van der Waals surface area contributed by atoms with Gasteiger partial charge in [0, 0.05) is 12.3 Å². The summed E-state index contributed by atoms with van der Waals surface area (Å²) in [7, 11) is -2.43. The van der Waals surface area contributed by atoms with E-state index in [2.05, 4.69) is 14.7 Å². The Morgan fingerprint density at radius 1 is 1.30 bits per heavy atom. The van der Waals surface area contributed by atoms with Gasteiger partial charge in [-0.15, -0.1) is 0 Å². The molecule has 0 aliphatic rings. The van der Waals surface area contributed by atoms with Crippen molar-refractivity contribution in [2.45, 2.75) is 4.90 Å². The van der Waals surface area contributed by atoms with Crippen molar-refractivity contribution in [3.05, 3.63) is 42.4 Å². The van der Waals surface area contributed by atoms with E-state index in [1.165, 1.54) is 43.8 Å². The van der Waals surface area contributed by atoms with Crippen molar-refractivity contribution in [2.24, 2.45) is 0 Å². The molecule has 0 unspecified atom stereocenters. The summed E-state index contributed by atoms with van der Waals surface area (Å²) >= 11 is 0. The van der Waals surface area contributed by atoms with Gasteiger partial charge in [-0.25, -0.2) is 18.4 Å². The van der Waals surface area contributed by atoms with Gasteiger partial charge in [-0.3, -0.25) is 4.72 Å². The Kier molecular flexibility index (Phi) is 3.81. The second-order valence-corrected chi connectivity index (χ2v) is 5.31. The zero-order valence-corrected chi connectivity index (χ0v) is 11.3. The third-order valence-corrected chi connectivity index (χ3v) is 3.78. The van der Waals surface area contributed by atoms with Gasteiger partial charge in [-0.2, -0.15) is 5.26 Å². The predicted molar refractivity (Wildman–Crippen MR) is 70.5 cm³/mol. The van der Waals surface area contributed by atoms with Crippen molar-refractivity contribution in [2.75, 3.05) is 11.8 Å². The average Bonchev–Trinajstić information content (AvgIpc) is 2.47. The van der Waals surface area contributed by atoms with E-state index in [4.69, 9.17) is 10.00 Å². The molecular weight excluding hydrogens is 280 g/mol. The molecule has 0 atom stereocenters. The largest absolute Gasteiger partial charge is 0.481 e. The van der Waals surface area contributed by atoms with Gasteiger partial charge in [0.25, 0.3) is 10.0 Å². The van der Waals surface area contributed by atoms with Gasteiger partial charge in [-0.1, -0.05) is 0 Å². The number of ether oxygens (including phenoxy) is 1. The highest BCUT2D eigenvalue weighted by atomic mass is 32.2. The standard InChI is InChI=1S/C12H10N4O3S/c1-19-12-5-4-9(8-15-12)16-20(17,18)11-3-2-6-14-10(11)7-13/h2-6,8,16H,1H3. The first kappa shape index (κ1) is 13.8. The molecule has 2 aromatic rings. The van der Waals surface area contributed by atoms with Crippen LogP contribution in [0.25, 0.3) is 0 Å². The Balaban J connectivity index is 2.33. The number of hydrogen-bond acceptors (Lipinski definition) is 6. The molecule has 20 heavy (non-hydrogen) atoms. The van der Waals surface area contributed by atoms with Gasteiger partial charge < -0.3 is 4.74 Å². The van der Waals surface area contributed by atoms with Crippen LogP contribution in [-0.2, 0) is 10.0 Å². The molecular formula is C12H10N4O3S. The van der Waals surface area contributed by atoms with Crippen molar-refractivity contribution in [3.8, 4) is 11.9 Å². The van der Waals surface area contributed by atoms with E-state index >= 15 is 0 Å². The molecule has 0 aromatic carbocycles. The summed E-state index contributed by atoms with van der Waals surface area (Å²) in [5.41, 5.74) is 0.0972. The lowest BCUT2D eigenvalue weighted by Crippen LogP contribution is -2.15. The lowest BCUT2D eigenvalue weighted by molar-refractivity contribution is 0.398. The molecule has 0 amide bonds. The van der Waals surface area contributed by atoms with Gasteiger partial charge in [0.15, 0.2) is 5.69 Å². The number of nitrogens with zero attached hydrogens (tertiary/aromatic N) is 3. The highest BCUT2D eigenvalue weighted by Crippen LogP contribution is 2.18. The number of nitriles is 1. The van der Waals surface area contributed by atoms with Crippen LogP contribution >= 0.6 is 0 Å². The highest BCUT2D eigenvalue weighted by Gasteiger charge is 2.19. The Morgan fingerprint density at radius 2 is 2.10 bits per heavy atom. The number of methoxy groups -OCH3 is 1. The van der Waals surface area contributed by atoms with E-state index in [1.807, 2.05) is 0 Å². The maximum Gasteiger partial charge on any atom is 0.264 e.